The van der Waals surface area contributed by atoms with Crippen molar-refractivity contribution in [3.63, 3.8) is 0 Å². The molecule has 4 nitrogen and oxygen atoms in total. The van der Waals surface area contributed by atoms with E-state index in [1.165, 1.54) is 12.8 Å². The van der Waals surface area contributed by atoms with Gasteiger partial charge in [-0.2, -0.15) is 0 Å². The molecular weight excluding hydrogens is 252 g/mol. The first-order valence-corrected chi connectivity index (χ1v) is 8.19. The van der Waals surface area contributed by atoms with Gasteiger partial charge in [0, 0.05) is 37.0 Å². The molecule has 0 N–H and O–H groups in total. The Balaban J connectivity index is 1.62. The van der Waals surface area contributed by atoms with Gasteiger partial charge in [-0.05, 0) is 39.5 Å². The highest BCUT2D eigenvalue weighted by molar-refractivity contribution is 5.82. The van der Waals surface area contributed by atoms with Gasteiger partial charge in [-0.25, -0.2) is 0 Å². The van der Waals surface area contributed by atoms with Crippen molar-refractivity contribution in [3.05, 3.63) is 0 Å². The molecule has 2 amide bonds. The number of amides is 2. The van der Waals surface area contributed by atoms with Crippen LogP contribution in [0.5, 0.6) is 0 Å². The van der Waals surface area contributed by atoms with Crippen LogP contribution in [0.2, 0.25) is 0 Å². The van der Waals surface area contributed by atoms with Gasteiger partial charge >= 0.3 is 0 Å². The summed E-state index contributed by atoms with van der Waals surface area (Å²) in [6.45, 7) is 5.61. The summed E-state index contributed by atoms with van der Waals surface area (Å²) < 4.78 is 0. The molecular formula is C16H26N2O2. The van der Waals surface area contributed by atoms with E-state index in [0.29, 0.717) is 11.8 Å². The highest BCUT2D eigenvalue weighted by Gasteiger charge is 2.40. The molecule has 4 heteroatoms. The fraction of sp³-hybridized carbons (Fsp3) is 0.875. The molecule has 2 atom stereocenters. The van der Waals surface area contributed by atoms with Gasteiger partial charge in [0.25, 0.3) is 0 Å². The lowest BCUT2D eigenvalue weighted by molar-refractivity contribution is -0.153. The molecule has 3 fully saturated rings. The van der Waals surface area contributed by atoms with E-state index in [4.69, 9.17) is 0 Å². The first-order chi connectivity index (χ1) is 9.58. The van der Waals surface area contributed by atoms with Crippen molar-refractivity contribution >= 4 is 11.8 Å². The van der Waals surface area contributed by atoms with Crippen LogP contribution in [0, 0.1) is 11.8 Å². The maximum Gasteiger partial charge on any atom is 0.226 e. The lowest BCUT2D eigenvalue weighted by Gasteiger charge is -2.47. The molecule has 0 unspecified atom stereocenters. The number of hydrogen-bond donors (Lipinski definition) is 0. The third-order valence-electron chi connectivity index (χ3n) is 5.46. The zero-order chi connectivity index (χ0) is 14.3. The van der Waals surface area contributed by atoms with E-state index in [1.807, 2.05) is 9.80 Å². The monoisotopic (exact) mass is 278 g/mol. The molecule has 3 aliphatic rings. The molecule has 2 aliphatic carbocycles. The SMILES string of the molecule is C[C@@H]1CN(C(=O)C2CCC2)[C@@H](C)CN1C(=O)C1CCC1. The van der Waals surface area contributed by atoms with E-state index >= 15 is 0 Å². The smallest absolute Gasteiger partial charge is 0.226 e. The lowest BCUT2D eigenvalue weighted by Crippen LogP contribution is -2.61. The van der Waals surface area contributed by atoms with Crippen molar-refractivity contribution < 1.29 is 9.59 Å². The second-order valence-electron chi connectivity index (χ2n) is 6.93. The van der Waals surface area contributed by atoms with E-state index in [-0.39, 0.29) is 23.9 Å². The van der Waals surface area contributed by atoms with E-state index in [1.54, 1.807) is 0 Å². The molecule has 0 spiro atoms. The quantitative estimate of drug-likeness (QED) is 0.775. The van der Waals surface area contributed by atoms with Gasteiger partial charge in [0.05, 0.1) is 0 Å². The average molecular weight is 278 g/mol. The molecule has 0 aromatic heterocycles. The summed E-state index contributed by atoms with van der Waals surface area (Å²) >= 11 is 0. The molecule has 0 radical (unpaired) electrons. The Kier molecular flexibility index (Phi) is 3.74. The molecule has 112 valence electrons. The fourth-order valence-electron chi connectivity index (χ4n) is 3.52. The first-order valence-electron chi connectivity index (χ1n) is 8.19. The van der Waals surface area contributed by atoms with Gasteiger partial charge < -0.3 is 9.80 Å². The van der Waals surface area contributed by atoms with Crippen LogP contribution in [-0.2, 0) is 9.59 Å². The third-order valence-corrected chi connectivity index (χ3v) is 5.46. The maximum atomic E-state index is 12.4. The Hall–Kier alpha value is -1.06. The van der Waals surface area contributed by atoms with Gasteiger partial charge in [-0.1, -0.05) is 12.8 Å². The predicted octanol–water partition coefficient (Wildman–Crippen LogP) is 2.03. The third kappa shape index (κ3) is 2.33. The normalized spacial score (nSPS) is 31.7. The maximum absolute atomic E-state index is 12.4. The molecule has 1 heterocycles. The number of piperazine rings is 1. The predicted molar refractivity (Wildman–Crippen MR) is 77.0 cm³/mol. The lowest BCUT2D eigenvalue weighted by atomic mass is 9.82. The van der Waals surface area contributed by atoms with Gasteiger partial charge in [0.1, 0.15) is 0 Å². The van der Waals surface area contributed by atoms with Crippen LogP contribution in [0.3, 0.4) is 0 Å². The minimum absolute atomic E-state index is 0.170. The number of carbonyl (C=O) groups is 2. The summed E-state index contributed by atoms with van der Waals surface area (Å²) in [5.41, 5.74) is 0. The zero-order valence-electron chi connectivity index (χ0n) is 12.7. The molecule has 0 bridgehead atoms. The van der Waals surface area contributed by atoms with Crippen molar-refractivity contribution in [1.29, 1.82) is 0 Å². The Bertz CT molecular complexity index is 363. The summed E-state index contributed by atoms with van der Waals surface area (Å²) in [6.07, 6.45) is 6.62. The fourth-order valence-corrected chi connectivity index (χ4v) is 3.52. The van der Waals surface area contributed by atoms with Gasteiger partial charge in [-0.3, -0.25) is 9.59 Å². The van der Waals surface area contributed by atoms with E-state index in [0.717, 1.165) is 38.8 Å². The molecule has 3 rings (SSSR count). The summed E-state index contributed by atoms with van der Waals surface area (Å²) in [4.78, 5) is 28.9. The minimum atomic E-state index is 0.170. The van der Waals surface area contributed by atoms with Crippen LogP contribution in [-0.4, -0.2) is 46.8 Å². The van der Waals surface area contributed by atoms with E-state index in [9.17, 15) is 9.59 Å². The van der Waals surface area contributed by atoms with Crippen LogP contribution in [0.25, 0.3) is 0 Å². The van der Waals surface area contributed by atoms with Crippen molar-refractivity contribution in [2.24, 2.45) is 11.8 Å². The standard InChI is InChI=1S/C16H26N2O2/c1-11-9-18(16(20)14-7-4-8-14)12(2)10-17(11)15(19)13-5-3-6-13/h11-14H,3-10H2,1-2H3/t11-,12+. The van der Waals surface area contributed by atoms with Crippen LogP contribution in [0.15, 0.2) is 0 Å². The Labute approximate surface area is 121 Å². The van der Waals surface area contributed by atoms with Crippen LogP contribution in [0.4, 0.5) is 0 Å². The van der Waals surface area contributed by atoms with Crippen LogP contribution >= 0.6 is 0 Å². The summed E-state index contributed by atoms with van der Waals surface area (Å²) in [5.74, 6) is 1.18. The summed E-state index contributed by atoms with van der Waals surface area (Å²) in [7, 11) is 0. The number of carbonyl (C=O) groups excluding carboxylic acids is 2. The Morgan fingerprint density at radius 2 is 1.10 bits per heavy atom. The van der Waals surface area contributed by atoms with Gasteiger partial charge in [0.2, 0.25) is 11.8 Å². The summed E-state index contributed by atoms with van der Waals surface area (Å²) in [6, 6.07) is 0.339. The van der Waals surface area contributed by atoms with Gasteiger partial charge in [-0.15, -0.1) is 0 Å². The first kappa shape index (κ1) is 13.9. The van der Waals surface area contributed by atoms with Crippen LogP contribution < -0.4 is 0 Å². The molecule has 2 saturated carbocycles. The Morgan fingerprint density at radius 3 is 1.35 bits per heavy atom. The minimum Gasteiger partial charge on any atom is -0.336 e. The second-order valence-corrected chi connectivity index (χ2v) is 6.93. The van der Waals surface area contributed by atoms with Crippen molar-refractivity contribution in [2.45, 2.75) is 64.5 Å². The largest absolute Gasteiger partial charge is 0.336 e. The molecule has 1 aliphatic heterocycles. The molecule has 1 saturated heterocycles. The van der Waals surface area contributed by atoms with Crippen LogP contribution in [0.1, 0.15) is 52.4 Å². The van der Waals surface area contributed by atoms with Gasteiger partial charge in [0.15, 0.2) is 0 Å². The highest BCUT2D eigenvalue weighted by Crippen LogP contribution is 2.32. The number of nitrogens with zero attached hydrogens (tertiary/aromatic N) is 2. The Morgan fingerprint density at radius 1 is 0.750 bits per heavy atom. The zero-order valence-corrected chi connectivity index (χ0v) is 12.7. The number of hydrogen-bond acceptors (Lipinski definition) is 2. The molecule has 0 aromatic rings. The average Bonchev–Trinajstić information content (AvgIpc) is 2.26. The molecule has 0 aromatic carbocycles. The molecule has 20 heavy (non-hydrogen) atoms. The van der Waals surface area contributed by atoms with E-state index < -0.39 is 0 Å². The van der Waals surface area contributed by atoms with E-state index in [2.05, 4.69) is 13.8 Å². The number of rotatable bonds is 2. The summed E-state index contributed by atoms with van der Waals surface area (Å²) in [5, 5.41) is 0. The second kappa shape index (κ2) is 5.38. The van der Waals surface area contributed by atoms with Crippen molar-refractivity contribution in [3.8, 4) is 0 Å². The topological polar surface area (TPSA) is 40.6 Å². The van der Waals surface area contributed by atoms with Crippen molar-refractivity contribution in [2.75, 3.05) is 13.1 Å². The van der Waals surface area contributed by atoms with Crippen molar-refractivity contribution in [1.82, 2.24) is 9.80 Å². The highest BCUT2D eigenvalue weighted by atomic mass is 16.2.